The van der Waals surface area contributed by atoms with E-state index in [1.165, 1.54) is 30.3 Å². The van der Waals surface area contributed by atoms with Crippen molar-refractivity contribution < 1.29 is 23.8 Å². The van der Waals surface area contributed by atoms with Gasteiger partial charge in [0.2, 0.25) is 0 Å². The molecule has 4 rings (SSSR count). The summed E-state index contributed by atoms with van der Waals surface area (Å²) in [5.74, 6) is -1.42. The molecule has 4 N–H and O–H groups in total. The van der Waals surface area contributed by atoms with Crippen molar-refractivity contribution in [1.82, 2.24) is 10.3 Å². The molecule has 0 atom stereocenters. The number of ether oxygens (including phenoxy) is 1. The van der Waals surface area contributed by atoms with E-state index in [1.54, 1.807) is 24.3 Å². The Hall–Kier alpha value is -4.26. The van der Waals surface area contributed by atoms with Gasteiger partial charge in [-0.3, -0.25) is 10.1 Å². The zero-order valence-corrected chi connectivity index (χ0v) is 19.2. The van der Waals surface area contributed by atoms with Gasteiger partial charge in [0.05, 0.1) is 16.7 Å². The second kappa shape index (κ2) is 9.93. The maximum absolute atomic E-state index is 15.1. The van der Waals surface area contributed by atoms with E-state index in [9.17, 15) is 9.59 Å². The number of anilines is 1. The van der Waals surface area contributed by atoms with Crippen LogP contribution in [0.1, 0.15) is 21.6 Å². The van der Waals surface area contributed by atoms with Gasteiger partial charge in [0.1, 0.15) is 11.4 Å². The molecule has 0 bridgehead atoms. The summed E-state index contributed by atoms with van der Waals surface area (Å²) in [6.45, 7) is -0.168. The number of aromatic amines is 1. The van der Waals surface area contributed by atoms with Crippen LogP contribution in [0.15, 0.2) is 54.6 Å². The molecule has 11 heteroatoms. The van der Waals surface area contributed by atoms with E-state index < -0.39 is 17.8 Å². The summed E-state index contributed by atoms with van der Waals surface area (Å²) >= 11 is 12.1. The van der Waals surface area contributed by atoms with E-state index in [4.69, 9.17) is 38.3 Å². The first kappa shape index (κ1) is 23.9. The fourth-order valence-corrected chi connectivity index (χ4v) is 3.74. The van der Waals surface area contributed by atoms with Crippen molar-refractivity contribution in [3.8, 4) is 17.6 Å². The van der Waals surface area contributed by atoms with E-state index in [2.05, 4.69) is 15.6 Å². The van der Waals surface area contributed by atoms with Crippen molar-refractivity contribution in [1.29, 1.82) is 5.26 Å². The fraction of sp³-hybridized carbons (Fsp3) is 0.0417. The number of H-pyrrole nitrogens is 1. The molecule has 0 aliphatic carbocycles. The average Bonchev–Trinajstić information content (AvgIpc) is 3.24. The monoisotopic (exact) mass is 512 g/mol. The maximum Gasteiger partial charge on any atom is 0.409 e. The molecule has 0 spiro atoms. The van der Waals surface area contributed by atoms with Crippen LogP contribution in [0.5, 0.6) is 11.5 Å². The minimum absolute atomic E-state index is 0.00236. The number of carboxylic acid groups (broad SMARTS) is 1. The first-order valence-corrected chi connectivity index (χ1v) is 10.8. The Morgan fingerprint density at radius 2 is 1.91 bits per heavy atom. The number of halogens is 3. The lowest BCUT2D eigenvalue weighted by molar-refractivity contribution is 0.0946. The average molecular weight is 513 g/mol. The maximum atomic E-state index is 15.1. The molecule has 1 heterocycles. The van der Waals surface area contributed by atoms with Gasteiger partial charge < -0.3 is 20.1 Å². The number of nitrogens with one attached hydrogen (secondary N) is 3. The molecule has 0 unspecified atom stereocenters. The summed E-state index contributed by atoms with van der Waals surface area (Å²) in [5.41, 5.74) is 1.54. The summed E-state index contributed by atoms with van der Waals surface area (Å²) < 4.78 is 20.7. The molecule has 0 saturated heterocycles. The highest BCUT2D eigenvalue weighted by Gasteiger charge is 2.17. The third kappa shape index (κ3) is 5.46. The van der Waals surface area contributed by atoms with Crippen molar-refractivity contribution in [3.63, 3.8) is 0 Å². The van der Waals surface area contributed by atoms with Crippen LogP contribution in [0.4, 0.5) is 14.9 Å². The second-order valence-electron chi connectivity index (χ2n) is 7.34. The lowest BCUT2D eigenvalue weighted by atomic mass is 10.2. The van der Waals surface area contributed by atoms with Gasteiger partial charge in [0.15, 0.2) is 11.6 Å². The summed E-state index contributed by atoms with van der Waals surface area (Å²) in [6.07, 6.45) is -1.20. The highest BCUT2D eigenvalue weighted by molar-refractivity contribution is 6.32. The van der Waals surface area contributed by atoms with E-state index >= 15 is 4.39 Å². The Morgan fingerprint density at radius 3 is 2.66 bits per heavy atom. The van der Waals surface area contributed by atoms with Gasteiger partial charge in [0.25, 0.3) is 5.91 Å². The van der Waals surface area contributed by atoms with Crippen molar-refractivity contribution in [2.45, 2.75) is 6.54 Å². The summed E-state index contributed by atoms with van der Waals surface area (Å²) in [6, 6.07) is 15.3. The van der Waals surface area contributed by atoms with E-state index in [1.807, 2.05) is 6.07 Å². The second-order valence-corrected chi connectivity index (χ2v) is 8.18. The van der Waals surface area contributed by atoms with Gasteiger partial charge in [-0.1, -0.05) is 29.3 Å². The minimum Gasteiger partial charge on any atom is -0.465 e. The van der Waals surface area contributed by atoms with E-state index in [-0.39, 0.29) is 44.9 Å². The quantitative estimate of drug-likeness (QED) is 0.241. The van der Waals surface area contributed by atoms with Crippen LogP contribution in [-0.2, 0) is 6.54 Å². The molecule has 3 aromatic carbocycles. The number of hydrogen-bond donors (Lipinski definition) is 4. The number of rotatable bonds is 6. The Balaban J connectivity index is 1.51. The van der Waals surface area contributed by atoms with Gasteiger partial charge in [-0.25, -0.2) is 9.18 Å². The Labute approximate surface area is 207 Å². The molecular formula is C24H15Cl2FN4O4. The number of aromatic nitrogens is 1. The van der Waals surface area contributed by atoms with Gasteiger partial charge in [0, 0.05) is 33.7 Å². The highest BCUT2D eigenvalue weighted by Crippen LogP contribution is 2.35. The zero-order valence-electron chi connectivity index (χ0n) is 17.7. The predicted molar refractivity (Wildman–Crippen MR) is 129 cm³/mol. The normalized spacial score (nSPS) is 10.6. The smallest absolute Gasteiger partial charge is 0.409 e. The predicted octanol–water partition coefficient (Wildman–Crippen LogP) is 6.30. The van der Waals surface area contributed by atoms with Gasteiger partial charge >= 0.3 is 6.09 Å². The number of hydrogen-bond acceptors (Lipinski definition) is 4. The molecule has 2 amide bonds. The lowest BCUT2D eigenvalue weighted by Gasteiger charge is -2.13. The minimum atomic E-state index is -1.20. The summed E-state index contributed by atoms with van der Waals surface area (Å²) in [7, 11) is 0. The molecule has 0 aliphatic rings. The Bertz CT molecular complexity index is 1510. The van der Waals surface area contributed by atoms with Crippen molar-refractivity contribution in [2.75, 3.05) is 5.32 Å². The van der Waals surface area contributed by atoms with Gasteiger partial charge in [-0.15, -0.1) is 0 Å². The van der Waals surface area contributed by atoms with Gasteiger partial charge in [-0.05, 0) is 48.5 Å². The van der Waals surface area contributed by atoms with Crippen molar-refractivity contribution in [3.05, 3.63) is 87.3 Å². The lowest BCUT2D eigenvalue weighted by Crippen LogP contribution is -2.23. The van der Waals surface area contributed by atoms with Crippen molar-refractivity contribution >= 4 is 51.8 Å². The highest BCUT2D eigenvalue weighted by atomic mass is 35.5. The van der Waals surface area contributed by atoms with E-state index in [0.717, 1.165) is 0 Å². The van der Waals surface area contributed by atoms with E-state index in [0.29, 0.717) is 16.6 Å². The Kier molecular flexibility index (Phi) is 6.78. The number of nitrogens with zero attached hydrogens (tertiary/aromatic N) is 1. The van der Waals surface area contributed by atoms with Crippen LogP contribution in [0.2, 0.25) is 10.0 Å². The molecule has 0 saturated carbocycles. The van der Waals surface area contributed by atoms with Crippen molar-refractivity contribution in [2.24, 2.45) is 0 Å². The van der Waals surface area contributed by atoms with Crippen LogP contribution in [0.25, 0.3) is 10.9 Å². The molecule has 0 fully saturated rings. The van der Waals surface area contributed by atoms with Crippen LogP contribution in [-0.4, -0.2) is 22.1 Å². The molecule has 176 valence electrons. The molecule has 4 aromatic rings. The number of fused-ring (bicyclic) bond motifs is 1. The molecule has 0 radical (unpaired) electrons. The first-order chi connectivity index (χ1) is 16.7. The fourth-order valence-electron chi connectivity index (χ4n) is 3.33. The molecule has 0 aliphatic heterocycles. The van der Waals surface area contributed by atoms with Crippen LogP contribution in [0.3, 0.4) is 0 Å². The molecule has 35 heavy (non-hydrogen) atoms. The number of carbonyl (C=O) groups is 2. The summed E-state index contributed by atoms with van der Waals surface area (Å²) in [4.78, 5) is 26.4. The van der Waals surface area contributed by atoms with Gasteiger partial charge in [-0.2, -0.15) is 5.26 Å². The zero-order chi connectivity index (χ0) is 25.1. The summed E-state index contributed by atoms with van der Waals surface area (Å²) in [5, 5.41) is 23.6. The third-order valence-corrected chi connectivity index (χ3v) is 5.42. The van der Waals surface area contributed by atoms with Crippen LogP contribution in [0, 0.1) is 17.1 Å². The number of benzene rings is 3. The van der Waals surface area contributed by atoms with Crippen LogP contribution < -0.4 is 15.4 Å². The molecule has 1 aromatic heterocycles. The topological polar surface area (TPSA) is 127 Å². The Morgan fingerprint density at radius 1 is 1.11 bits per heavy atom. The SMILES string of the molecule is N#Cc1cc(Cl)cc(Oc2c(Cl)ccc(CNC(=O)c3cc4cc(NC(=O)O)ccc4[nH]3)c2F)c1. The molecular weight excluding hydrogens is 498 g/mol. The number of nitriles is 1. The standard InChI is InChI=1S/C24H15Cl2FN4O4/c25-15-5-12(10-28)6-17(9-15)35-22-18(26)3-1-13(21(22)27)11-29-23(32)20-8-14-7-16(30-24(33)34)2-4-19(14)31-20/h1-9,30-31H,11H2,(H,29,32)(H,33,34). The first-order valence-electron chi connectivity index (χ1n) is 10.00. The number of amides is 2. The van der Waals surface area contributed by atoms with Crippen LogP contribution >= 0.6 is 23.2 Å². The number of carbonyl (C=O) groups excluding carboxylic acids is 1. The third-order valence-electron chi connectivity index (χ3n) is 4.91. The molecule has 8 nitrogen and oxygen atoms in total. The largest absolute Gasteiger partial charge is 0.465 e.